The summed E-state index contributed by atoms with van der Waals surface area (Å²) in [6, 6.07) is 21.1. The first-order valence-corrected chi connectivity index (χ1v) is 11.2. The molecule has 2 unspecified atom stereocenters. The Morgan fingerprint density at radius 1 is 1.15 bits per heavy atom. The summed E-state index contributed by atoms with van der Waals surface area (Å²) in [4.78, 5) is 12.6. The molecule has 2 aromatic rings. The van der Waals surface area contributed by atoms with Crippen LogP contribution in [0.2, 0.25) is 5.32 Å². The van der Waals surface area contributed by atoms with Crippen molar-refractivity contribution in [2.75, 3.05) is 6.61 Å². The summed E-state index contributed by atoms with van der Waals surface area (Å²) in [6.07, 6.45) is 1.55. The first kappa shape index (κ1) is 19.0. The molecule has 1 N–H and O–H groups in total. The molecule has 0 bridgehead atoms. The van der Waals surface area contributed by atoms with Crippen LogP contribution in [0.25, 0.3) is 0 Å². The number of carbonyl (C=O) groups excluding carboxylic acids is 1. The number of ether oxygens (including phenoxy) is 1. The summed E-state index contributed by atoms with van der Waals surface area (Å²) >= 11 is 0.318. The molecule has 0 aromatic heterocycles. The van der Waals surface area contributed by atoms with E-state index in [-0.39, 0.29) is 17.7 Å². The Morgan fingerprint density at radius 3 is 2.42 bits per heavy atom. The maximum absolute atomic E-state index is 12.6. The van der Waals surface area contributed by atoms with Gasteiger partial charge in [0.1, 0.15) is 0 Å². The molecular weight excluding hydrogens is 391 g/mol. The first-order valence-electron chi connectivity index (χ1n) is 9.15. The topological polar surface area (TPSA) is 41.6 Å². The number of rotatable bonds is 6. The van der Waals surface area contributed by atoms with Gasteiger partial charge in [-0.2, -0.15) is 0 Å². The van der Waals surface area contributed by atoms with Crippen LogP contribution in [0.3, 0.4) is 0 Å². The fourth-order valence-corrected chi connectivity index (χ4v) is 5.56. The number of hydrogen-bond donors (Lipinski definition) is 1. The van der Waals surface area contributed by atoms with Crippen LogP contribution >= 0.6 is 0 Å². The second kappa shape index (κ2) is 8.72. The van der Waals surface area contributed by atoms with Gasteiger partial charge in [-0.3, -0.25) is 0 Å². The molecule has 0 saturated carbocycles. The summed E-state index contributed by atoms with van der Waals surface area (Å²) in [6.45, 7) is 4.41. The Morgan fingerprint density at radius 2 is 1.81 bits per heavy atom. The Kier molecular flexibility index (Phi) is 6.36. The molecule has 0 radical (unpaired) electrons. The predicted molar refractivity (Wildman–Crippen MR) is 105 cm³/mol. The van der Waals surface area contributed by atoms with Gasteiger partial charge in [0.15, 0.2) is 0 Å². The second-order valence-corrected chi connectivity index (χ2v) is 8.76. The van der Waals surface area contributed by atoms with E-state index in [0.717, 1.165) is 18.2 Å². The molecule has 5 heteroatoms. The van der Waals surface area contributed by atoms with E-state index < -0.39 is 0 Å². The SMILES string of the molecule is CCOC(=O)N1NC(CC)(c2ccccc2)CC1C[Se]c1ccccc1. The summed E-state index contributed by atoms with van der Waals surface area (Å²) in [5.41, 5.74) is 4.52. The molecule has 1 saturated heterocycles. The maximum atomic E-state index is 12.6. The average molecular weight is 417 g/mol. The monoisotopic (exact) mass is 418 g/mol. The molecule has 0 aliphatic carbocycles. The van der Waals surface area contributed by atoms with Crippen LogP contribution in [-0.4, -0.2) is 38.7 Å². The van der Waals surface area contributed by atoms with Crippen LogP contribution < -0.4 is 9.89 Å². The van der Waals surface area contributed by atoms with Crippen LogP contribution in [0, 0.1) is 0 Å². The van der Waals surface area contributed by atoms with Crippen LogP contribution in [0.15, 0.2) is 60.7 Å². The van der Waals surface area contributed by atoms with Crippen molar-refractivity contribution in [2.24, 2.45) is 0 Å². The number of nitrogens with zero attached hydrogens (tertiary/aromatic N) is 1. The van der Waals surface area contributed by atoms with E-state index in [2.05, 4.69) is 60.9 Å². The van der Waals surface area contributed by atoms with Gasteiger partial charge >= 0.3 is 162 Å². The quantitative estimate of drug-likeness (QED) is 0.732. The van der Waals surface area contributed by atoms with Crippen LogP contribution in [-0.2, 0) is 10.3 Å². The van der Waals surface area contributed by atoms with E-state index in [9.17, 15) is 4.79 Å². The van der Waals surface area contributed by atoms with Crippen molar-refractivity contribution in [1.82, 2.24) is 10.4 Å². The van der Waals surface area contributed by atoms with Crippen LogP contribution in [0.4, 0.5) is 4.79 Å². The molecule has 26 heavy (non-hydrogen) atoms. The second-order valence-electron chi connectivity index (χ2n) is 6.46. The van der Waals surface area contributed by atoms with Crippen molar-refractivity contribution in [1.29, 1.82) is 0 Å². The standard InChI is InChI=1S/C21H26N2O2Se/c1-3-21(17-11-7-5-8-12-17)15-18(23(22-21)20(24)25-4-2)16-26-19-13-9-6-10-14-19/h5-14,18,22H,3-4,15-16H2,1-2H3. The molecule has 1 fully saturated rings. The predicted octanol–water partition coefficient (Wildman–Crippen LogP) is 3.48. The third-order valence-electron chi connectivity index (χ3n) is 4.86. The third-order valence-corrected chi connectivity index (χ3v) is 7.29. The zero-order valence-electron chi connectivity index (χ0n) is 15.4. The minimum absolute atomic E-state index is 0.134. The van der Waals surface area contributed by atoms with Gasteiger partial charge < -0.3 is 0 Å². The van der Waals surface area contributed by atoms with Crippen molar-refractivity contribution in [2.45, 2.75) is 43.6 Å². The molecule has 1 aliphatic heterocycles. The fourth-order valence-electron chi connectivity index (χ4n) is 3.46. The molecule has 2 atom stereocenters. The van der Waals surface area contributed by atoms with Gasteiger partial charge in [0.05, 0.1) is 0 Å². The van der Waals surface area contributed by atoms with E-state index >= 15 is 0 Å². The van der Waals surface area contributed by atoms with Crippen molar-refractivity contribution in [3.8, 4) is 0 Å². The molecule has 3 rings (SSSR count). The van der Waals surface area contributed by atoms with Gasteiger partial charge in [-0.25, -0.2) is 0 Å². The zero-order chi connectivity index (χ0) is 18.4. The molecule has 2 aromatic carbocycles. The zero-order valence-corrected chi connectivity index (χ0v) is 17.1. The number of carbonyl (C=O) groups is 1. The summed E-state index contributed by atoms with van der Waals surface area (Å²) < 4.78 is 6.67. The van der Waals surface area contributed by atoms with Gasteiger partial charge in [0.2, 0.25) is 0 Å². The minimum atomic E-state index is -0.271. The Hall–Kier alpha value is -1.81. The average Bonchev–Trinajstić information content (AvgIpc) is 3.08. The number of hydrogen-bond acceptors (Lipinski definition) is 3. The molecular formula is C21H26N2O2Se. The van der Waals surface area contributed by atoms with E-state index in [4.69, 9.17) is 4.74 Å². The number of hydrazine groups is 1. The Bertz CT molecular complexity index is 710. The van der Waals surface area contributed by atoms with Crippen LogP contribution in [0.5, 0.6) is 0 Å². The molecule has 1 amide bonds. The third kappa shape index (κ3) is 4.12. The molecule has 1 heterocycles. The van der Waals surface area contributed by atoms with Crippen molar-refractivity contribution in [3.05, 3.63) is 66.2 Å². The van der Waals surface area contributed by atoms with Gasteiger partial charge in [-0.1, -0.05) is 0 Å². The molecule has 1 aliphatic rings. The van der Waals surface area contributed by atoms with E-state index in [1.54, 1.807) is 5.01 Å². The number of nitrogens with one attached hydrogen (secondary N) is 1. The number of benzene rings is 2. The van der Waals surface area contributed by atoms with Gasteiger partial charge in [-0.05, 0) is 0 Å². The van der Waals surface area contributed by atoms with E-state index in [0.29, 0.717) is 21.6 Å². The Labute approximate surface area is 162 Å². The first-order chi connectivity index (χ1) is 12.7. The molecule has 0 spiro atoms. The normalized spacial score (nSPS) is 22.4. The van der Waals surface area contributed by atoms with Crippen molar-refractivity contribution < 1.29 is 9.53 Å². The summed E-state index contributed by atoms with van der Waals surface area (Å²) in [5, 5.41) is 2.71. The van der Waals surface area contributed by atoms with Crippen molar-refractivity contribution in [3.63, 3.8) is 0 Å². The van der Waals surface area contributed by atoms with Gasteiger partial charge in [0.25, 0.3) is 0 Å². The molecule has 138 valence electrons. The number of amides is 1. The fraction of sp³-hybridized carbons (Fsp3) is 0.381. The van der Waals surface area contributed by atoms with Crippen LogP contribution in [0.1, 0.15) is 32.3 Å². The van der Waals surface area contributed by atoms with Gasteiger partial charge in [-0.15, -0.1) is 0 Å². The van der Waals surface area contributed by atoms with E-state index in [1.165, 1.54) is 10.0 Å². The van der Waals surface area contributed by atoms with Gasteiger partial charge in [0, 0.05) is 0 Å². The van der Waals surface area contributed by atoms with E-state index in [1.807, 2.05) is 19.1 Å². The Balaban J connectivity index is 1.81. The van der Waals surface area contributed by atoms with Crippen molar-refractivity contribution >= 4 is 25.5 Å². The summed E-state index contributed by atoms with van der Waals surface area (Å²) in [7, 11) is 0. The summed E-state index contributed by atoms with van der Waals surface area (Å²) in [5.74, 6) is 0. The molecule has 4 nitrogen and oxygen atoms in total.